The van der Waals surface area contributed by atoms with Crippen LogP contribution in [0.2, 0.25) is 10.0 Å². The van der Waals surface area contributed by atoms with E-state index in [-0.39, 0.29) is 0 Å². The molecule has 0 amide bonds. The van der Waals surface area contributed by atoms with Crippen LogP contribution in [0.4, 0.5) is 0 Å². The molecule has 0 atom stereocenters. The zero-order chi connectivity index (χ0) is 93.6. The van der Waals surface area contributed by atoms with Crippen molar-refractivity contribution in [2.75, 3.05) is 0 Å². The van der Waals surface area contributed by atoms with E-state index in [4.69, 9.17) is 53.1 Å². The van der Waals surface area contributed by atoms with Crippen molar-refractivity contribution in [1.82, 2.24) is 29.9 Å². The summed E-state index contributed by atoms with van der Waals surface area (Å²) in [4.78, 5) is 29.2. The quantitative estimate of drug-likeness (QED) is 0.0673. The molecule has 0 saturated carbocycles. The van der Waals surface area contributed by atoms with Gasteiger partial charge in [-0.05, 0) is 318 Å². The van der Waals surface area contributed by atoms with E-state index in [1.165, 1.54) is 0 Å². The van der Waals surface area contributed by atoms with Crippen molar-refractivity contribution in [2.45, 2.75) is 0 Å². The molecule has 140 heavy (non-hydrogen) atoms. The van der Waals surface area contributed by atoms with Gasteiger partial charge in [0.15, 0.2) is 0 Å². The van der Waals surface area contributed by atoms with Gasteiger partial charge >= 0.3 is 0 Å². The predicted molar refractivity (Wildman–Crippen MR) is 583 cm³/mol. The number of nitrogens with zero attached hydrogens (tertiary/aromatic N) is 6. The van der Waals surface area contributed by atoms with Crippen LogP contribution in [-0.4, -0.2) is 29.9 Å². The zero-order valence-electron chi connectivity index (χ0n) is 76.1. The highest BCUT2D eigenvalue weighted by Crippen LogP contribution is 2.51. The summed E-state index contributed by atoms with van der Waals surface area (Å²) in [6.07, 6.45) is 9.09. The molecule has 18 aromatic carbocycles. The minimum absolute atomic E-state index is 0.621. The molecule has 0 saturated heterocycles. The fourth-order valence-electron chi connectivity index (χ4n) is 19.7. The molecular weight excluding hydrogens is 1740 g/mol. The van der Waals surface area contributed by atoms with E-state index in [1.54, 1.807) is 6.33 Å². The summed E-state index contributed by atoms with van der Waals surface area (Å²) in [5, 5.41) is 1.24. The molecule has 658 valence electrons. The van der Waals surface area contributed by atoms with Crippen molar-refractivity contribution in [3.05, 3.63) is 533 Å². The number of aromatic nitrogens is 6. The standard InChI is InChI=1S/C132H86Cl2N6/c133-105-61-67-111(125(83-105)103-75-99(107-37-13-17-41-113(107)117-63-57-95(127-45-21-25-69-135-127)79-121(117)87-29-5-1-6-30-87)73-100(76-103)108-38-14-18-42-114(108)118-64-58-96(128-46-22-26-70-136-128)80-122(118)88-31-7-2-8-32-88)91-49-53-93(54-50-91)131-85-132(140-86-139-131)94-55-51-92(52-56-94)112-68-62-106(134)84-126(112)104-77-101(109-39-15-19-43-115(109)119-65-59-97(129-47-23-27-71-137-129)81-123(119)89-33-9-3-10-34-89)74-102(78-104)110-40-16-20-44-116(110)120-66-60-98(130-48-24-28-72-138-130)82-124(120)90-35-11-4-12-36-90/h1-86H. The van der Waals surface area contributed by atoms with E-state index < -0.39 is 0 Å². The van der Waals surface area contributed by atoms with E-state index in [9.17, 15) is 0 Å². The van der Waals surface area contributed by atoms with Crippen molar-refractivity contribution in [3.8, 4) is 246 Å². The van der Waals surface area contributed by atoms with Gasteiger partial charge in [0, 0.05) is 68.2 Å². The Morgan fingerprint density at radius 2 is 0.300 bits per heavy atom. The van der Waals surface area contributed by atoms with Gasteiger partial charge in [0.2, 0.25) is 0 Å². The Morgan fingerprint density at radius 1 is 0.107 bits per heavy atom. The van der Waals surface area contributed by atoms with Gasteiger partial charge in [-0.1, -0.05) is 375 Å². The Labute approximate surface area is 825 Å². The highest BCUT2D eigenvalue weighted by atomic mass is 35.5. The molecule has 6 nitrogen and oxygen atoms in total. The largest absolute Gasteiger partial charge is 0.256 e. The van der Waals surface area contributed by atoms with Gasteiger partial charge in [-0.3, -0.25) is 19.9 Å². The van der Waals surface area contributed by atoms with Crippen LogP contribution in [0.25, 0.3) is 246 Å². The second-order valence-corrected chi connectivity index (χ2v) is 35.8. The molecule has 0 fully saturated rings. The maximum Gasteiger partial charge on any atom is 0.116 e. The predicted octanol–water partition coefficient (Wildman–Crippen LogP) is 36.0. The van der Waals surface area contributed by atoms with E-state index in [2.05, 4.69) is 431 Å². The maximum atomic E-state index is 7.32. The van der Waals surface area contributed by atoms with Crippen LogP contribution in [0.5, 0.6) is 0 Å². The van der Waals surface area contributed by atoms with Crippen LogP contribution in [0.1, 0.15) is 0 Å². The second-order valence-electron chi connectivity index (χ2n) is 35.0. The first-order chi connectivity index (χ1) is 69.2. The normalized spacial score (nSPS) is 11.2. The molecule has 5 aromatic heterocycles. The van der Waals surface area contributed by atoms with E-state index in [0.717, 1.165) is 246 Å². The average molecular weight is 1830 g/mol. The minimum atomic E-state index is 0.621. The van der Waals surface area contributed by atoms with Gasteiger partial charge in [0.25, 0.3) is 0 Å². The molecule has 0 aliphatic heterocycles. The number of hydrogen-bond donors (Lipinski definition) is 0. The van der Waals surface area contributed by atoms with E-state index in [1.807, 2.05) is 85.5 Å². The van der Waals surface area contributed by atoms with Gasteiger partial charge in [-0.25, -0.2) is 9.97 Å². The molecule has 5 heterocycles. The number of pyridine rings is 4. The van der Waals surface area contributed by atoms with Crippen LogP contribution in [0, 0.1) is 0 Å². The summed E-state index contributed by atoms with van der Waals surface area (Å²) in [5.74, 6) is 0. The lowest BCUT2D eigenvalue weighted by Crippen LogP contribution is -1.94. The Morgan fingerprint density at radius 3 is 0.557 bits per heavy atom. The molecule has 0 aliphatic carbocycles. The Bertz CT molecular complexity index is 7630. The summed E-state index contributed by atoms with van der Waals surface area (Å²) in [7, 11) is 0. The number of halogens is 2. The lowest BCUT2D eigenvalue weighted by molar-refractivity contribution is 1.18. The third-order valence-corrected chi connectivity index (χ3v) is 26.9. The molecule has 0 N–H and O–H groups in total. The van der Waals surface area contributed by atoms with Gasteiger partial charge in [-0.2, -0.15) is 0 Å². The van der Waals surface area contributed by atoms with Crippen molar-refractivity contribution in [1.29, 1.82) is 0 Å². The highest BCUT2D eigenvalue weighted by molar-refractivity contribution is 6.31. The zero-order valence-corrected chi connectivity index (χ0v) is 77.6. The number of rotatable bonds is 22. The smallest absolute Gasteiger partial charge is 0.116 e. The van der Waals surface area contributed by atoms with Crippen molar-refractivity contribution in [3.63, 3.8) is 0 Å². The lowest BCUT2D eigenvalue weighted by Gasteiger charge is -2.20. The first-order valence-corrected chi connectivity index (χ1v) is 47.7. The van der Waals surface area contributed by atoms with Crippen molar-refractivity contribution < 1.29 is 0 Å². The van der Waals surface area contributed by atoms with E-state index in [0.29, 0.717) is 10.0 Å². The third-order valence-electron chi connectivity index (χ3n) is 26.5. The SMILES string of the molecule is Clc1ccc(-c2ccc(-c3cc(-c4ccc(-c5ccc(Cl)cc5-c5cc(-c6ccccc6-c6ccc(-c7ccccn7)cc6-c6ccccc6)cc(-c6ccccc6-c6ccc(-c7ccccn7)cc6-c6ccccc6)c5)cc4)ncn3)cc2)c(-c2cc(-c3ccccc3-c3ccc(-c4ccccn4)cc3-c3ccccc3)cc(-c3ccccc3-c3ccc(-c4ccccn4)cc3-c3ccccc3)c2)c1. The summed E-state index contributed by atoms with van der Waals surface area (Å²) in [6.45, 7) is 0. The third kappa shape index (κ3) is 17.8. The van der Waals surface area contributed by atoms with Crippen LogP contribution in [0.15, 0.2) is 522 Å². The van der Waals surface area contributed by atoms with E-state index >= 15 is 0 Å². The first kappa shape index (κ1) is 86.3. The van der Waals surface area contributed by atoms with Crippen molar-refractivity contribution >= 4 is 23.2 Å². The molecule has 23 rings (SSSR count). The van der Waals surface area contributed by atoms with Crippen LogP contribution < -0.4 is 0 Å². The monoisotopic (exact) mass is 1820 g/mol. The van der Waals surface area contributed by atoms with Crippen LogP contribution in [-0.2, 0) is 0 Å². The molecular formula is C132H86Cl2N6. The Balaban J connectivity index is 0.611. The van der Waals surface area contributed by atoms with Gasteiger partial charge in [0.1, 0.15) is 6.33 Å². The lowest BCUT2D eigenvalue weighted by atomic mass is 9.84. The summed E-state index contributed by atoms with van der Waals surface area (Å²) in [6, 6.07) is 175. The topological polar surface area (TPSA) is 77.3 Å². The summed E-state index contributed by atoms with van der Waals surface area (Å²) < 4.78 is 0. The molecule has 23 aromatic rings. The van der Waals surface area contributed by atoms with Crippen molar-refractivity contribution in [2.24, 2.45) is 0 Å². The van der Waals surface area contributed by atoms with Crippen LogP contribution in [0.3, 0.4) is 0 Å². The number of benzene rings is 18. The molecule has 0 radical (unpaired) electrons. The number of hydrogen-bond acceptors (Lipinski definition) is 6. The minimum Gasteiger partial charge on any atom is -0.256 e. The van der Waals surface area contributed by atoms with Gasteiger partial charge < -0.3 is 0 Å². The summed E-state index contributed by atoms with van der Waals surface area (Å²) >= 11 is 14.6. The Kier molecular flexibility index (Phi) is 24.0. The molecule has 0 aliphatic rings. The highest BCUT2D eigenvalue weighted by Gasteiger charge is 2.26. The molecule has 0 unspecified atom stereocenters. The summed E-state index contributed by atoms with van der Waals surface area (Å²) in [5.41, 5.74) is 45.3. The van der Waals surface area contributed by atoms with Crippen LogP contribution >= 0.6 is 23.2 Å². The average Bonchev–Trinajstić information content (AvgIpc) is 0.767. The molecule has 8 heteroatoms. The fraction of sp³-hybridized carbons (Fsp3) is 0. The first-order valence-electron chi connectivity index (χ1n) is 47.0. The second kappa shape index (κ2) is 38.9. The van der Waals surface area contributed by atoms with Gasteiger partial charge in [0.05, 0.1) is 34.2 Å². The fourth-order valence-corrected chi connectivity index (χ4v) is 20.1. The Hall–Kier alpha value is -17.8. The maximum absolute atomic E-state index is 7.32. The molecule has 0 bridgehead atoms. The van der Waals surface area contributed by atoms with Gasteiger partial charge in [-0.15, -0.1) is 0 Å². The molecule has 0 spiro atoms.